The van der Waals surface area contributed by atoms with Gasteiger partial charge in [-0.3, -0.25) is 19.3 Å². The summed E-state index contributed by atoms with van der Waals surface area (Å²) < 4.78 is 5.14. The van der Waals surface area contributed by atoms with Crippen molar-refractivity contribution in [2.24, 2.45) is 0 Å². The monoisotopic (exact) mass is 375 g/mol. The standard InChI is InChI=1S/C19H25N3O5/c1-5-19(6-2)17(25)22(18(26)20-19)12-15(23)27-13(3)16(24)21(4)14-10-8-7-9-11-14/h7-11,13H,5-6,12H2,1-4H3,(H,20,26). The van der Waals surface area contributed by atoms with Crippen LogP contribution in [-0.4, -0.2) is 54.0 Å². The average molecular weight is 375 g/mol. The number of esters is 1. The Kier molecular flexibility index (Phi) is 6.20. The Balaban J connectivity index is 1.98. The quantitative estimate of drug-likeness (QED) is 0.578. The molecule has 4 amide bonds. The Morgan fingerprint density at radius 1 is 1.19 bits per heavy atom. The first-order valence-corrected chi connectivity index (χ1v) is 8.92. The second-order valence-corrected chi connectivity index (χ2v) is 6.48. The summed E-state index contributed by atoms with van der Waals surface area (Å²) in [5, 5.41) is 2.64. The minimum absolute atomic E-state index is 0.414. The lowest BCUT2D eigenvalue weighted by molar-refractivity contribution is -0.155. The number of amides is 4. The minimum Gasteiger partial charge on any atom is -0.451 e. The number of nitrogens with zero attached hydrogens (tertiary/aromatic N) is 2. The second kappa shape index (κ2) is 8.20. The number of hydrogen-bond donors (Lipinski definition) is 1. The Morgan fingerprint density at radius 3 is 2.30 bits per heavy atom. The van der Waals surface area contributed by atoms with E-state index in [1.165, 1.54) is 11.8 Å². The molecular formula is C19H25N3O5. The minimum atomic E-state index is -1.05. The molecule has 1 unspecified atom stereocenters. The van der Waals surface area contributed by atoms with Gasteiger partial charge in [-0.25, -0.2) is 4.79 Å². The third kappa shape index (κ3) is 4.10. The lowest BCUT2D eigenvalue weighted by Gasteiger charge is -2.23. The van der Waals surface area contributed by atoms with Crippen LogP contribution in [0.4, 0.5) is 10.5 Å². The Morgan fingerprint density at radius 2 is 1.78 bits per heavy atom. The van der Waals surface area contributed by atoms with E-state index in [2.05, 4.69) is 5.32 Å². The number of carbonyl (C=O) groups excluding carboxylic acids is 4. The molecule has 1 saturated heterocycles. The van der Waals surface area contributed by atoms with E-state index >= 15 is 0 Å². The van der Waals surface area contributed by atoms with Crippen molar-refractivity contribution in [3.63, 3.8) is 0 Å². The maximum atomic E-state index is 12.5. The first-order chi connectivity index (χ1) is 12.8. The summed E-state index contributed by atoms with van der Waals surface area (Å²) in [6, 6.07) is 8.31. The highest BCUT2D eigenvalue weighted by atomic mass is 16.5. The predicted molar refractivity (Wildman–Crippen MR) is 99.0 cm³/mol. The van der Waals surface area contributed by atoms with Gasteiger partial charge in [0.05, 0.1) is 0 Å². The van der Waals surface area contributed by atoms with Crippen molar-refractivity contribution in [2.45, 2.75) is 45.3 Å². The van der Waals surface area contributed by atoms with Gasteiger partial charge in [0.2, 0.25) is 0 Å². The molecule has 1 aromatic carbocycles. The molecule has 1 heterocycles. The SMILES string of the molecule is CCC1(CC)NC(=O)N(CC(=O)OC(C)C(=O)N(C)c2ccccc2)C1=O. The van der Waals surface area contributed by atoms with Crippen molar-refractivity contribution in [2.75, 3.05) is 18.5 Å². The van der Waals surface area contributed by atoms with Gasteiger partial charge in [0.15, 0.2) is 6.10 Å². The highest BCUT2D eigenvalue weighted by molar-refractivity contribution is 6.08. The fourth-order valence-corrected chi connectivity index (χ4v) is 3.01. The number of rotatable bonds is 7. The zero-order valence-corrected chi connectivity index (χ0v) is 16.0. The van der Waals surface area contributed by atoms with E-state index in [0.717, 1.165) is 4.90 Å². The van der Waals surface area contributed by atoms with Crippen LogP contribution in [0.2, 0.25) is 0 Å². The van der Waals surface area contributed by atoms with E-state index < -0.39 is 42.0 Å². The summed E-state index contributed by atoms with van der Waals surface area (Å²) in [6.07, 6.45) is -0.196. The smallest absolute Gasteiger partial charge is 0.327 e. The molecule has 1 atom stereocenters. The van der Waals surface area contributed by atoms with Gasteiger partial charge >= 0.3 is 12.0 Å². The summed E-state index contributed by atoms with van der Waals surface area (Å²) in [5.41, 5.74) is -0.318. The van der Waals surface area contributed by atoms with Crippen LogP contribution in [0.15, 0.2) is 30.3 Å². The molecule has 1 N–H and O–H groups in total. The normalized spacial score (nSPS) is 16.7. The molecule has 8 heteroatoms. The van der Waals surface area contributed by atoms with Crippen LogP contribution in [0.1, 0.15) is 33.6 Å². The number of anilines is 1. The van der Waals surface area contributed by atoms with E-state index in [-0.39, 0.29) is 0 Å². The number of para-hydroxylation sites is 1. The number of urea groups is 1. The van der Waals surface area contributed by atoms with Crippen LogP contribution in [0.5, 0.6) is 0 Å². The third-order valence-electron chi connectivity index (χ3n) is 4.87. The van der Waals surface area contributed by atoms with Crippen molar-refractivity contribution in [1.29, 1.82) is 0 Å². The van der Waals surface area contributed by atoms with Crippen LogP contribution in [0.25, 0.3) is 0 Å². The van der Waals surface area contributed by atoms with Crippen molar-refractivity contribution in [1.82, 2.24) is 10.2 Å². The second-order valence-electron chi connectivity index (χ2n) is 6.48. The number of imide groups is 1. The molecule has 1 aromatic rings. The van der Waals surface area contributed by atoms with Crippen LogP contribution >= 0.6 is 0 Å². The Hall–Kier alpha value is -2.90. The van der Waals surface area contributed by atoms with Crippen LogP contribution in [0.3, 0.4) is 0 Å². The van der Waals surface area contributed by atoms with Crippen LogP contribution < -0.4 is 10.2 Å². The summed E-state index contributed by atoms with van der Waals surface area (Å²) in [7, 11) is 1.58. The summed E-state index contributed by atoms with van der Waals surface area (Å²) >= 11 is 0. The van der Waals surface area contributed by atoms with Crippen molar-refractivity contribution < 1.29 is 23.9 Å². The van der Waals surface area contributed by atoms with Gasteiger partial charge in [-0.05, 0) is 31.9 Å². The first kappa shape index (κ1) is 20.4. The zero-order chi connectivity index (χ0) is 20.2. The number of nitrogens with one attached hydrogen (secondary N) is 1. The fourth-order valence-electron chi connectivity index (χ4n) is 3.01. The molecular weight excluding hydrogens is 350 g/mol. The average Bonchev–Trinajstić information content (AvgIpc) is 2.92. The Labute approximate surface area is 158 Å². The van der Waals surface area contributed by atoms with Crippen molar-refractivity contribution >= 4 is 29.5 Å². The van der Waals surface area contributed by atoms with Gasteiger partial charge in [0, 0.05) is 12.7 Å². The number of likely N-dealkylation sites (N-methyl/N-ethyl adjacent to an activating group) is 1. The van der Waals surface area contributed by atoms with Gasteiger partial charge in [-0.2, -0.15) is 0 Å². The molecule has 0 aliphatic carbocycles. The lowest BCUT2D eigenvalue weighted by atomic mass is 9.93. The largest absolute Gasteiger partial charge is 0.451 e. The zero-order valence-electron chi connectivity index (χ0n) is 16.0. The van der Waals surface area contributed by atoms with Gasteiger partial charge in [-0.1, -0.05) is 32.0 Å². The molecule has 1 fully saturated rings. The molecule has 27 heavy (non-hydrogen) atoms. The van der Waals surface area contributed by atoms with Crippen molar-refractivity contribution in [3.8, 4) is 0 Å². The number of benzene rings is 1. The molecule has 8 nitrogen and oxygen atoms in total. The molecule has 0 aromatic heterocycles. The van der Waals surface area contributed by atoms with E-state index in [4.69, 9.17) is 4.74 Å². The summed E-state index contributed by atoms with van der Waals surface area (Å²) in [5.74, 6) is -1.68. The number of ether oxygens (including phenoxy) is 1. The molecule has 146 valence electrons. The van der Waals surface area contributed by atoms with E-state index in [1.807, 2.05) is 6.07 Å². The predicted octanol–water partition coefficient (Wildman–Crippen LogP) is 1.69. The van der Waals surface area contributed by atoms with Crippen molar-refractivity contribution in [3.05, 3.63) is 30.3 Å². The molecule has 0 saturated carbocycles. The molecule has 0 spiro atoms. The van der Waals surface area contributed by atoms with Gasteiger partial charge in [-0.15, -0.1) is 0 Å². The molecule has 2 rings (SSSR count). The fraction of sp³-hybridized carbons (Fsp3) is 0.474. The first-order valence-electron chi connectivity index (χ1n) is 8.92. The van der Waals surface area contributed by atoms with Gasteiger partial charge in [0.25, 0.3) is 11.8 Å². The van der Waals surface area contributed by atoms with Crippen LogP contribution in [0, 0.1) is 0 Å². The topological polar surface area (TPSA) is 96.0 Å². The highest BCUT2D eigenvalue weighted by Crippen LogP contribution is 2.24. The van der Waals surface area contributed by atoms with E-state index in [1.54, 1.807) is 45.2 Å². The Bertz CT molecular complexity index is 730. The van der Waals surface area contributed by atoms with Gasteiger partial charge < -0.3 is 15.0 Å². The van der Waals surface area contributed by atoms with E-state index in [0.29, 0.717) is 18.5 Å². The number of hydrogen-bond acceptors (Lipinski definition) is 5. The summed E-state index contributed by atoms with van der Waals surface area (Å²) in [6.45, 7) is 4.51. The van der Waals surface area contributed by atoms with E-state index in [9.17, 15) is 19.2 Å². The highest BCUT2D eigenvalue weighted by Gasteiger charge is 2.49. The summed E-state index contributed by atoms with van der Waals surface area (Å²) in [4.78, 5) is 51.4. The number of carbonyl (C=O) groups is 4. The molecule has 0 radical (unpaired) electrons. The molecule has 1 aliphatic rings. The van der Waals surface area contributed by atoms with Crippen LogP contribution in [-0.2, 0) is 19.1 Å². The lowest BCUT2D eigenvalue weighted by Crippen LogP contribution is -2.46. The maximum absolute atomic E-state index is 12.5. The maximum Gasteiger partial charge on any atom is 0.327 e. The van der Waals surface area contributed by atoms with Gasteiger partial charge in [0.1, 0.15) is 12.1 Å². The molecule has 0 bridgehead atoms. The third-order valence-corrected chi connectivity index (χ3v) is 4.87. The molecule has 1 aliphatic heterocycles.